The quantitative estimate of drug-likeness (QED) is 0.340. The number of rotatable bonds is 1. The second kappa shape index (κ2) is 5.42. The standard InChI is InChI=1S/C23H20N2O3/c1-15-22-19-7-5-4-6-16(19)8-10-20(22)25(2,3)23(15)13-12-17-14-18(24(26)27)9-11-21(17)28-23/h4-14H,1-3H3/q+1. The third-order valence-corrected chi connectivity index (χ3v) is 6.21. The molecule has 3 aromatic rings. The van der Waals surface area contributed by atoms with Gasteiger partial charge in [-0.15, -0.1) is 0 Å². The van der Waals surface area contributed by atoms with Crippen molar-refractivity contribution in [1.29, 1.82) is 0 Å². The monoisotopic (exact) mass is 372 g/mol. The predicted octanol–water partition coefficient (Wildman–Crippen LogP) is 5.07. The first-order valence-electron chi connectivity index (χ1n) is 9.23. The van der Waals surface area contributed by atoms with Gasteiger partial charge in [0.05, 0.1) is 19.0 Å². The zero-order chi connectivity index (χ0) is 19.7. The van der Waals surface area contributed by atoms with Crippen LogP contribution in [0.2, 0.25) is 0 Å². The Morgan fingerprint density at radius 1 is 1.07 bits per heavy atom. The highest BCUT2D eigenvalue weighted by molar-refractivity contribution is 5.94. The lowest BCUT2D eigenvalue weighted by Gasteiger charge is -2.44. The molecule has 0 amide bonds. The molecule has 0 N–H and O–H groups in total. The van der Waals surface area contributed by atoms with E-state index in [0.717, 1.165) is 11.5 Å². The van der Waals surface area contributed by atoms with Crippen molar-refractivity contribution in [3.8, 4) is 5.75 Å². The molecule has 1 radical (unpaired) electrons. The molecule has 2 aliphatic heterocycles. The van der Waals surface area contributed by atoms with Crippen molar-refractivity contribution in [2.75, 3.05) is 14.1 Å². The third kappa shape index (κ3) is 1.99. The Labute approximate surface area is 163 Å². The molecule has 0 aliphatic carbocycles. The summed E-state index contributed by atoms with van der Waals surface area (Å²) in [6.45, 7) is 2.12. The second-order valence-electron chi connectivity index (χ2n) is 7.87. The van der Waals surface area contributed by atoms with E-state index in [4.69, 9.17) is 4.74 Å². The van der Waals surface area contributed by atoms with Crippen LogP contribution in [0.1, 0.15) is 18.1 Å². The Balaban J connectivity index is 1.70. The highest BCUT2D eigenvalue weighted by Gasteiger charge is 2.61. The van der Waals surface area contributed by atoms with E-state index >= 15 is 0 Å². The van der Waals surface area contributed by atoms with E-state index in [-0.39, 0.29) is 10.6 Å². The smallest absolute Gasteiger partial charge is 0.278 e. The number of fused-ring (bicyclic) bond motifs is 4. The maximum atomic E-state index is 11.1. The molecule has 3 aromatic carbocycles. The lowest BCUT2D eigenvalue weighted by Crippen LogP contribution is -2.63. The summed E-state index contributed by atoms with van der Waals surface area (Å²) < 4.78 is 7.12. The van der Waals surface area contributed by atoms with Gasteiger partial charge < -0.3 is 4.74 Å². The molecule has 2 heterocycles. The van der Waals surface area contributed by atoms with E-state index in [1.807, 2.05) is 12.2 Å². The highest BCUT2D eigenvalue weighted by Crippen LogP contribution is 2.55. The van der Waals surface area contributed by atoms with Gasteiger partial charge in [-0.3, -0.25) is 14.6 Å². The third-order valence-electron chi connectivity index (χ3n) is 6.21. The predicted molar refractivity (Wildman–Crippen MR) is 111 cm³/mol. The summed E-state index contributed by atoms with van der Waals surface area (Å²) in [5.74, 6) is 1.81. The molecule has 5 rings (SSSR count). The van der Waals surface area contributed by atoms with E-state index in [0.29, 0.717) is 10.2 Å². The van der Waals surface area contributed by atoms with Crippen LogP contribution in [0.15, 0.2) is 60.7 Å². The van der Waals surface area contributed by atoms with Crippen LogP contribution in [0, 0.1) is 16.0 Å². The summed E-state index contributed by atoms with van der Waals surface area (Å²) in [6.07, 6.45) is 3.99. The second-order valence-corrected chi connectivity index (χ2v) is 7.87. The molecule has 0 saturated carbocycles. The molecule has 1 unspecified atom stereocenters. The number of hydrogen-bond donors (Lipinski definition) is 0. The van der Waals surface area contributed by atoms with Crippen LogP contribution < -0.4 is 9.22 Å². The number of hydrogen-bond acceptors (Lipinski definition) is 3. The molecule has 139 valence electrons. The molecular formula is C23H20N2O3+. The van der Waals surface area contributed by atoms with Crippen LogP contribution in [-0.4, -0.2) is 24.7 Å². The number of nitrogens with zero attached hydrogens (tertiary/aromatic N) is 2. The largest absolute Gasteiger partial charge is 0.435 e. The lowest BCUT2D eigenvalue weighted by atomic mass is 9.88. The van der Waals surface area contributed by atoms with Crippen LogP contribution in [0.4, 0.5) is 11.4 Å². The molecule has 1 spiro atoms. The molecule has 0 saturated heterocycles. The van der Waals surface area contributed by atoms with Gasteiger partial charge in [-0.05, 0) is 35.9 Å². The first-order chi connectivity index (χ1) is 13.3. The van der Waals surface area contributed by atoms with Gasteiger partial charge >= 0.3 is 0 Å². The molecule has 5 heteroatoms. The Kier molecular flexibility index (Phi) is 3.28. The maximum Gasteiger partial charge on any atom is 0.278 e. The number of quaternary nitrogens is 1. The minimum Gasteiger partial charge on any atom is -0.435 e. The maximum absolute atomic E-state index is 11.1. The van der Waals surface area contributed by atoms with Gasteiger partial charge in [0, 0.05) is 35.4 Å². The summed E-state index contributed by atoms with van der Waals surface area (Å²) in [5, 5.41) is 13.5. The number of non-ortho nitro benzene ring substituents is 1. The molecule has 5 nitrogen and oxygen atoms in total. The zero-order valence-corrected chi connectivity index (χ0v) is 16.0. The highest BCUT2D eigenvalue weighted by atomic mass is 16.6. The van der Waals surface area contributed by atoms with Crippen molar-refractivity contribution in [2.24, 2.45) is 0 Å². The van der Waals surface area contributed by atoms with Gasteiger partial charge in [-0.1, -0.05) is 24.3 Å². The van der Waals surface area contributed by atoms with Crippen molar-refractivity contribution in [3.63, 3.8) is 0 Å². The van der Waals surface area contributed by atoms with Gasteiger partial charge in [0.2, 0.25) is 0 Å². The van der Waals surface area contributed by atoms with Crippen molar-refractivity contribution >= 4 is 28.2 Å². The molecule has 1 atom stereocenters. The van der Waals surface area contributed by atoms with Gasteiger partial charge in [0.25, 0.3) is 11.4 Å². The van der Waals surface area contributed by atoms with Crippen LogP contribution >= 0.6 is 0 Å². The molecule has 0 fully saturated rings. The first-order valence-corrected chi connectivity index (χ1v) is 9.23. The van der Waals surface area contributed by atoms with Crippen LogP contribution in [-0.2, 0) is 0 Å². The van der Waals surface area contributed by atoms with Gasteiger partial charge in [-0.25, -0.2) is 0 Å². The number of nitro benzene ring substituents is 1. The van der Waals surface area contributed by atoms with Crippen molar-refractivity contribution in [1.82, 2.24) is 4.48 Å². The summed E-state index contributed by atoms with van der Waals surface area (Å²) in [4.78, 5) is 10.7. The van der Waals surface area contributed by atoms with Crippen LogP contribution in [0.25, 0.3) is 16.8 Å². The van der Waals surface area contributed by atoms with Crippen molar-refractivity contribution < 1.29 is 9.66 Å². The molecule has 0 bridgehead atoms. The topological polar surface area (TPSA) is 52.4 Å². The molecule has 0 aromatic heterocycles. The SMILES string of the molecule is C[C]1c2c(ccc3ccccc23)[N+](C)(C)C12C=Cc1cc([N+](=O)[O-])ccc1O2. The number of likely N-dealkylation sites (N-methyl/N-ethyl adjacent to an activating group) is 1. The van der Waals surface area contributed by atoms with Gasteiger partial charge in [-0.2, -0.15) is 0 Å². The average molecular weight is 372 g/mol. The minimum atomic E-state index is -0.685. The van der Waals surface area contributed by atoms with E-state index in [9.17, 15) is 10.1 Å². The summed E-state index contributed by atoms with van der Waals surface area (Å²) in [7, 11) is 4.29. The first kappa shape index (κ1) is 17.0. The summed E-state index contributed by atoms with van der Waals surface area (Å²) in [5.41, 5.74) is 2.53. The summed E-state index contributed by atoms with van der Waals surface area (Å²) >= 11 is 0. The Morgan fingerprint density at radius 2 is 1.86 bits per heavy atom. The van der Waals surface area contributed by atoms with Crippen LogP contribution in [0.3, 0.4) is 0 Å². The van der Waals surface area contributed by atoms with Gasteiger partial charge in [0.1, 0.15) is 17.4 Å². The van der Waals surface area contributed by atoms with E-state index < -0.39 is 5.72 Å². The fourth-order valence-electron chi connectivity index (χ4n) is 4.68. The van der Waals surface area contributed by atoms with Crippen molar-refractivity contribution in [3.05, 3.63) is 87.8 Å². The summed E-state index contributed by atoms with van der Waals surface area (Å²) in [6, 6.07) is 17.5. The fourth-order valence-corrected chi connectivity index (χ4v) is 4.68. The molecule has 2 aliphatic rings. The normalized spacial score (nSPS) is 22.1. The Bertz CT molecular complexity index is 1180. The van der Waals surface area contributed by atoms with E-state index in [1.54, 1.807) is 12.1 Å². The van der Waals surface area contributed by atoms with E-state index in [1.165, 1.54) is 28.1 Å². The van der Waals surface area contributed by atoms with E-state index in [2.05, 4.69) is 57.4 Å². The molecular weight excluding hydrogens is 352 g/mol. The number of benzene rings is 3. The Morgan fingerprint density at radius 3 is 2.64 bits per heavy atom. The minimum absolute atomic E-state index is 0.0677. The molecule has 28 heavy (non-hydrogen) atoms. The average Bonchev–Trinajstić information content (AvgIpc) is 2.86. The van der Waals surface area contributed by atoms with Crippen molar-refractivity contribution in [2.45, 2.75) is 12.6 Å². The fraction of sp³-hybridized carbons (Fsp3) is 0.174. The Hall–Kier alpha value is -3.18. The lowest BCUT2D eigenvalue weighted by molar-refractivity contribution is -0.384. The van der Waals surface area contributed by atoms with Gasteiger partial charge in [0.15, 0.2) is 0 Å². The van der Waals surface area contributed by atoms with Crippen LogP contribution in [0.5, 0.6) is 5.75 Å². The zero-order valence-electron chi connectivity index (χ0n) is 16.0. The number of nitro groups is 1. The number of ether oxygens (including phenoxy) is 1.